The number of phenols is 1. The molecule has 1 aromatic carbocycles. The van der Waals surface area contributed by atoms with Crippen molar-refractivity contribution >= 4 is 17.7 Å². The van der Waals surface area contributed by atoms with Crippen LogP contribution in [0.1, 0.15) is 13.8 Å². The molecular formula is C11H15NO2S. The normalized spacial score (nSPS) is 12.1. The van der Waals surface area contributed by atoms with Gasteiger partial charge in [0.25, 0.3) is 0 Å². The lowest BCUT2D eigenvalue weighted by atomic mass is 10.3. The molecule has 0 saturated carbocycles. The highest BCUT2D eigenvalue weighted by Crippen LogP contribution is 2.30. The highest BCUT2D eigenvalue weighted by molar-refractivity contribution is 8.00. The number of para-hydroxylation sites is 1. The molecule has 0 bridgehead atoms. The van der Waals surface area contributed by atoms with Crippen LogP contribution in [0.2, 0.25) is 0 Å². The van der Waals surface area contributed by atoms with E-state index in [1.807, 2.05) is 19.9 Å². The number of carbonyl (C=O) groups excluding carboxylic acids is 1. The number of aromatic hydroxyl groups is 1. The van der Waals surface area contributed by atoms with Gasteiger partial charge in [-0.1, -0.05) is 12.1 Å². The van der Waals surface area contributed by atoms with E-state index in [0.29, 0.717) is 6.54 Å². The van der Waals surface area contributed by atoms with Crippen molar-refractivity contribution in [2.75, 3.05) is 6.54 Å². The highest BCUT2D eigenvalue weighted by atomic mass is 32.2. The molecule has 0 radical (unpaired) electrons. The van der Waals surface area contributed by atoms with Gasteiger partial charge in [-0.25, -0.2) is 0 Å². The first-order valence-corrected chi connectivity index (χ1v) is 5.75. The number of amides is 1. The Morgan fingerprint density at radius 1 is 1.53 bits per heavy atom. The van der Waals surface area contributed by atoms with Crippen molar-refractivity contribution in [2.45, 2.75) is 24.0 Å². The van der Waals surface area contributed by atoms with Crippen LogP contribution < -0.4 is 5.32 Å². The van der Waals surface area contributed by atoms with Gasteiger partial charge in [0.05, 0.1) is 5.25 Å². The molecule has 0 aliphatic heterocycles. The molecule has 0 spiro atoms. The third kappa shape index (κ3) is 3.47. The Morgan fingerprint density at radius 2 is 2.20 bits per heavy atom. The van der Waals surface area contributed by atoms with Crippen LogP contribution in [-0.2, 0) is 4.79 Å². The Hall–Kier alpha value is -1.16. The molecule has 1 aromatic rings. The first-order valence-electron chi connectivity index (χ1n) is 4.87. The summed E-state index contributed by atoms with van der Waals surface area (Å²) in [5.41, 5.74) is 0. The molecule has 3 nitrogen and oxygen atoms in total. The van der Waals surface area contributed by atoms with Crippen molar-refractivity contribution in [1.82, 2.24) is 5.32 Å². The first kappa shape index (κ1) is 11.9. The van der Waals surface area contributed by atoms with Gasteiger partial charge in [-0.3, -0.25) is 4.79 Å². The smallest absolute Gasteiger partial charge is 0.233 e. The fourth-order valence-electron chi connectivity index (χ4n) is 1.12. The van der Waals surface area contributed by atoms with Crippen molar-refractivity contribution in [1.29, 1.82) is 0 Å². The molecule has 15 heavy (non-hydrogen) atoms. The summed E-state index contributed by atoms with van der Waals surface area (Å²) in [7, 11) is 0. The van der Waals surface area contributed by atoms with Crippen LogP contribution in [0.4, 0.5) is 0 Å². The third-order valence-corrected chi connectivity index (χ3v) is 3.06. The van der Waals surface area contributed by atoms with E-state index in [1.54, 1.807) is 18.2 Å². The zero-order valence-electron chi connectivity index (χ0n) is 8.86. The predicted molar refractivity (Wildman–Crippen MR) is 62.1 cm³/mol. The van der Waals surface area contributed by atoms with Gasteiger partial charge in [0, 0.05) is 11.4 Å². The molecule has 0 aliphatic rings. The second kappa shape index (κ2) is 5.66. The molecule has 1 unspecified atom stereocenters. The number of carbonyl (C=O) groups is 1. The second-order valence-electron chi connectivity index (χ2n) is 3.12. The van der Waals surface area contributed by atoms with Gasteiger partial charge in [0.2, 0.25) is 5.91 Å². The van der Waals surface area contributed by atoms with Gasteiger partial charge in [-0.2, -0.15) is 0 Å². The minimum atomic E-state index is -0.196. The number of thioether (sulfide) groups is 1. The summed E-state index contributed by atoms with van der Waals surface area (Å²) in [4.78, 5) is 12.2. The maximum Gasteiger partial charge on any atom is 0.233 e. The average molecular weight is 225 g/mol. The number of hydrogen-bond donors (Lipinski definition) is 2. The van der Waals surface area contributed by atoms with E-state index in [9.17, 15) is 9.90 Å². The van der Waals surface area contributed by atoms with Crippen LogP contribution in [0.15, 0.2) is 29.2 Å². The van der Waals surface area contributed by atoms with Crippen molar-refractivity contribution in [2.24, 2.45) is 0 Å². The van der Waals surface area contributed by atoms with Gasteiger partial charge in [-0.15, -0.1) is 11.8 Å². The van der Waals surface area contributed by atoms with Crippen molar-refractivity contribution < 1.29 is 9.90 Å². The van der Waals surface area contributed by atoms with Crippen LogP contribution in [0.3, 0.4) is 0 Å². The van der Waals surface area contributed by atoms with Gasteiger partial charge in [0.1, 0.15) is 5.75 Å². The van der Waals surface area contributed by atoms with Gasteiger partial charge >= 0.3 is 0 Å². The Balaban J connectivity index is 2.62. The van der Waals surface area contributed by atoms with E-state index in [4.69, 9.17) is 0 Å². The number of nitrogens with one attached hydrogen (secondary N) is 1. The minimum Gasteiger partial charge on any atom is -0.507 e. The van der Waals surface area contributed by atoms with E-state index < -0.39 is 0 Å². The van der Waals surface area contributed by atoms with Crippen LogP contribution in [0.5, 0.6) is 5.75 Å². The monoisotopic (exact) mass is 225 g/mol. The van der Waals surface area contributed by atoms with Crippen molar-refractivity contribution in [3.63, 3.8) is 0 Å². The summed E-state index contributed by atoms with van der Waals surface area (Å²) in [6.07, 6.45) is 0. The van der Waals surface area contributed by atoms with E-state index >= 15 is 0 Å². The summed E-state index contributed by atoms with van der Waals surface area (Å²) in [6.45, 7) is 4.34. The minimum absolute atomic E-state index is 0.00856. The SMILES string of the molecule is CCNC(=O)C(C)Sc1ccccc1O. The highest BCUT2D eigenvalue weighted by Gasteiger charge is 2.14. The zero-order chi connectivity index (χ0) is 11.3. The van der Waals surface area contributed by atoms with E-state index in [-0.39, 0.29) is 16.9 Å². The van der Waals surface area contributed by atoms with Crippen LogP contribution >= 0.6 is 11.8 Å². The molecule has 2 N–H and O–H groups in total. The summed E-state index contributed by atoms with van der Waals surface area (Å²) in [6, 6.07) is 7.02. The molecule has 4 heteroatoms. The standard InChI is InChI=1S/C11H15NO2S/c1-3-12-11(14)8(2)15-10-7-5-4-6-9(10)13/h4-8,13H,3H2,1-2H3,(H,12,14). The van der Waals surface area contributed by atoms with Crippen molar-refractivity contribution in [3.05, 3.63) is 24.3 Å². The lowest BCUT2D eigenvalue weighted by molar-refractivity contribution is -0.120. The molecule has 0 fully saturated rings. The topological polar surface area (TPSA) is 49.3 Å². The Labute approximate surface area is 93.9 Å². The molecule has 0 aromatic heterocycles. The molecule has 0 aliphatic carbocycles. The van der Waals surface area contributed by atoms with Gasteiger partial charge < -0.3 is 10.4 Å². The third-order valence-electron chi connectivity index (χ3n) is 1.89. The zero-order valence-corrected chi connectivity index (χ0v) is 9.67. The van der Waals surface area contributed by atoms with Gasteiger partial charge in [-0.05, 0) is 26.0 Å². The first-order chi connectivity index (χ1) is 7.15. The van der Waals surface area contributed by atoms with Crippen LogP contribution in [-0.4, -0.2) is 22.8 Å². The summed E-state index contributed by atoms with van der Waals surface area (Å²) < 4.78 is 0. The molecule has 1 amide bonds. The van der Waals surface area contributed by atoms with E-state index in [2.05, 4.69) is 5.32 Å². The largest absolute Gasteiger partial charge is 0.507 e. The Bertz CT molecular complexity index is 341. The molecule has 0 saturated heterocycles. The number of rotatable bonds is 4. The lowest BCUT2D eigenvalue weighted by Crippen LogP contribution is -2.30. The predicted octanol–water partition coefficient (Wildman–Crippen LogP) is 2.01. The van der Waals surface area contributed by atoms with E-state index in [1.165, 1.54) is 11.8 Å². The lowest BCUT2D eigenvalue weighted by Gasteiger charge is -2.11. The van der Waals surface area contributed by atoms with Gasteiger partial charge in [0.15, 0.2) is 0 Å². The maximum absolute atomic E-state index is 11.4. The quantitative estimate of drug-likeness (QED) is 0.771. The summed E-state index contributed by atoms with van der Waals surface area (Å²) >= 11 is 1.36. The number of phenolic OH excluding ortho intramolecular Hbond substituents is 1. The molecule has 0 heterocycles. The molecule has 82 valence electrons. The molecule has 1 rings (SSSR count). The summed E-state index contributed by atoms with van der Waals surface area (Å²) in [5, 5.41) is 12.1. The average Bonchev–Trinajstić information content (AvgIpc) is 2.21. The van der Waals surface area contributed by atoms with Crippen molar-refractivity contribution in [3.8, 4) is 5.75 Å². The number of hydrogen-bond acceptors (Lipinski definition) is 3. The Kier molecular flexibility index (Phi) is 4.49. The fourth-order valence-corrected chi connectivity index (χ4v) is 2.04. The van der Waals surface area contributed by atoms with Crippen LogP contribution in [0.25, 0.3) is 0 Å². The van der Waals surface area contributed by atoms with E-state index in [0.717, 1.165) is 4.90 Å². The Morgan fingerprint density at radius 3 is 2.80 bits per heavy atom. The summed E-state index contributed by atoms with van der Waals surface area (Å²) in [5.74, 6) is 0.212. The van der Waals surface area contributed by atoms with Crippen LogP contribution in [0, 0.1) is 0 Å². The second-order valence-corrected chi connectivity index (χ2v) is 4.51. The fraction of sp³-hybridized carbons (Fsp3) is 0.364. The number of benzene rings is 1. The maximum atomic E-state index is 11.4. The molecular weight excluding hydrogens is 210 g/mol. The molecule has 1 atom stereocenters.